The molecule has 0 spiro atoms. The molecule has 0 saturated carbocycles. The molecule has 5 heteroatoms. The van der Waals surface area contributed by atoms with Crippen molar-refractivity contribution in [2.45, 2.75) is 17.7 Å². The molecule has 1 aliphatic rings. The lowest BCUT2D eigenvalue weighted by Gasteiger charge is -2.05. The lowest BCUT2D eigenvalue weighted by molar-refractivity contribution is 0.141. The first kappa shape index (κ1) is 10.6. The molecule has 2 N–H and O–H groups in total. The van der Waals surface area contributed by atoms with Crippen molar-refractivity contribution < 1.29 is 13.3 Å². The van der Waals surface area contributed by atoms with Gasteiger partial charge in [-0.25, -0.2) is 14.3 Å². The third-order valence-corrected chi connectivity index (χ3v) is 4.47. The molecule has 82 valence electrons. The zero-order valence-corrected chi connectivity index (χ0v) is 9.09. The molecule has 1 heterocycles. The number of fused-ring (bicyclic) bond motifs is 1. The summed E-state index contributed by atoms with van der Waals surface area (Å²) in [5.74, 6) is 5.18. The van der Waals surface area contributed by atoms with Gasteiger partial charge in [0.1, 0.15) is 0 Å². The normalized spacial score (nSPS) is 17.7. The van der Waals surface area contributed by atoms with Crippen molar-refractivity contribution in [3.8, 4) is 0 Å². The highest BCUT2D eigenvalue weighted by Crippen LogP contribution is 2.28. The molecule has 0 amide bonds. The number of rotatable bonds is 3. The van der Waals surface area contributed by atoms with Crippen molar-refractivity contribution in [3.63, 3.8) is 0 Å². The molecule has 0 bridgehead atoms. The minimum absolute atomic E-state index is 0.225. The molecule has 0 aliphatic carbocycles. The van der Waals surface area contributed by atoms with E-state index in [-0.39, 0.29) is 5.75 Å². The third kappa shape index (κ3) is 1.90. The largest absolute Gasteiger partial charge is 0.304 e. The Kier molecular flexibility index (Phi) is 2.77. The highest BCUT2D eigenvalue weighted by molar-refractivity contribution is 7.91. The lowest BCUT2D eigenvalue weighted by atomic mass is 10.0. The topological polar surface area (TPSA) is 69.4 Å². The maximum Gasteiger partial charge on any atom is 0.178 e. The van der Waals surface area contributed by atoms with Crippen molar-refractivity contribution in [2.75, 3.05) is 12.4 Å². The molecule has 0 radical (unpaired) electrons. The van der Waals surface area contributed by atoms with Gasteiger partial charge in [-0.05, 0) is 30.0 Å². The molecule has 0 atom stereocenters. The average Bonchev–Trinajstić information content (AvgIpc) is 2.53. The maximum absolute atomic E-state index is 11.6. The summed E-state index contributed by atoms with van der Waals surface area (Å²) in [6, 6.07) is 5.37. The van der Waals surface area contributed by atoms with Crippen LogP contribution in [-0.4, -0.2) is 20.8 Å². The van der Waals surface area contributed by atoms with Gasteiger partial charge in [-0.1, -0.05) is 12.1 Å². The minimum atomic E-state index is -3.03. The predicted molar refractivity (Wildman–Crippen MR) is 56.0 cm³/mol. The summed E-state index contributed by atoms with van der Waals surface area (Å²) < 4.78 is 23.2. The second kappa shape index (κ2) is 3.92. The van der Waals surface area contributed by atoms with Crippen molar-refractivity contribution in [3.05, 3.63) is 29.3 Å². The Morgan fingerprint density at radius 2 is 2.20 bits per heavy atom. The fraction of sp³-hybridized carbons (Fsp3) is 0.400. The van der Waals surface area contributed by atoms with Crippen LogP contribution in [0.2, 0.25) is 0 Å². The number of benzene rings is 1. The number of hydrogen-bond acceptors (Lipinski definition) is 4. The van der Waals surface area contributed by atoms with Crippen molar-refractivity contribution in [2.24, 2.45) is 5.90 Å². The smallest absolute Gasteiger partial charge is 0.178 e. The minimum Gasteiger partial charge on any atom is -0.304 e. The van der Waals surface area contributed by atoms with Gasteiger partial charge in [0.05, 0.1) is 17.3 Å². The Bertz CT molecular complexity index is 468. The molecule has 0 aromatic heterocycles. The lowest BCUT2D eigenvalue weighted by Crippen LogP contribution is -2.05. The van der Waals surface area contributed by atoms with Gasteiger partial charge in [0, 0.05) is 0 Å². The van der Waals surface area contributed by atoms with Gasteiger partial charge in [0.15, 0.2) is 9.84 Å². The summed E-state index contributed by atoms with van der Waals surface area (Å²) in [7, 11) is -3.03. The molecule has 0 saturated heterocycles. The summed E-state index contributed by atoms with van der Waals surface area (Å²) in [6.07, 6.45) is 1.27. The van der Waals surface area contributed by atoms with E-state index in [4.69, 9.17) is 5.90 Å². The molecule has 2 rings (SSSR count). The Morgan fingerprint density at radius 1 is 1.40 bits per heavy atom. The molecule has 4 nitrogen and oxygen atoms in total. The molecule has 1 aromatic rings. The van der Waals surface area contributed by atoms with E-state index >= 15 is 0 Å². The van der Waals surface area contributed by atoms with Gasteiger partial charge in [-0.2, -0.15) is 0 Å². The van der Waals surface area contributed by atoms with Gasteiger partial charge < -0.3 is 4.84 Å². The standard InChI is InChI=1S/C10H13NO3S/c11-14-6-4-8-2-1-3-10-9(8)5-7-15(10,12)13/h1-3H,4-7,11H2. The Morgan fingerprint density at radius 3 is 2.93 bits per heavy atom. The molecule has 1 aliphatic heterocycles. The molecular weight excluding hydrogens is 214 g/mol. The first-order chi connectivity index (χ1) is 7.15. The number of nitrogens with two attached hydrogens (primary N) is 1. The van der Waals surface area contributed by atoms with Gasteiger partial charge >= 0.3 is 0 Å². The molecule has 0 unspecified atom stereocenters. The average molecular weight is 227 g/mol. The summed E-state index contributed by atoms with van der Waals surface area (Å²) in [5, 5.41) is 0. The van der Waals surface area contributed by atoms with E-state index in [0.29, 0.717) is 24.3 Å². The van der Waals surface area contributed by atoms with Crippen LogP contribution < -0.4 is 5.90 Å². The summed E-state index contributed by atoms with van der Waals surface area (Å²) in [5.41, 5.74) is 1.97. The number of hydrogen-bond donors (Lipinski definition) is 1. The van der Waals surface area contributed by atoms with E-state index in [2.05, 4.69) is 4.84 Å². The van der Waals surface area contributed by atoms with Crippen LogP contribution in [0.15, 0.2) is 23.1 Å². The van der Waals surface area contributed by atoms with Gasteiger partial charge in [-0.3, -0.25) is 0 Å². The first-order valence-corrected chi connectivity index (χ1v) is 6.45. The molecule has 1 aromatic carbocycles. The van der Waals surface area contributed by atoms with Gasteiger partial charge in [-0.15, -0.1) is 0 Å². The van der Waals surface area contributed by atoms with Gasteiger partial charge in [0.25, 0.3) is 0 Å². The highest BCUT2D eigenvalue weighted by Gasteiger charge is 2.27. The Balaban J connectivity index is 2.41. The van der Waals surface area contributed by atoms with Crippen molar-refractivity contribution in [1.29, 1.82) is 0 Å². The van der Waals surface area contributed by atoms with E-state index in [1.807, 2.05) is 6.07 Å². The maximum atomic E-state index is 11.6. The molecular formula is C10H13NO3S. The van der Waals surface area contributed by atoms with E-state index in [1.165, 1.54) is 0 Å². The van der Waals surface area contributed by atoms with Crippen LogP contribution in [0.1, 0.15) is 11.1 Å². The van der Waals surface area contributed by atoms with E-state index in [9.17, 15) is 8.42 Å². The SMILES string of the molecule is NOCCc1cccc2c1CCS2(=O)=O. The van der Waals surface area contributed by atoms with Crippen LogP contribution in [-0.2, 0) is 27.5 Å². The second-order valence-corrected chi connectivity index (χ2v) is 5.66. The van der Waals surface area contributed by atoms with Crippen LogP contribution in [0.3, 0.4) is 0 Å². The zero-order chi connectivity index (χ0) is 10.9. The highest BCUT2D eigenvalue weighted by atomic mass is 32.2. The molecule has 0 fully saturated rings. The van der Waals surface area contributed by atoms with E-state index in [1.54, 1.807) is 12.1 Å². The fourth-order valence-electron chi connectivity index (χ4n) is 1.94. The quantitative estimate of drug-likeness (QED) is 0.761. The Hall–Kier alpha value is -0.910. The van der Waals surface area contributed by atoms with Crippen molar-refractivity contribution in [1.82, 2.24) is 0 Å². The van der Waals surface area contributed by atoms with E-state index in [0.717, 1.165) is 11.1 Å². The molecule has 15 heavy (non-hydrogen) atoms. The van der Waals surface area contributed by atoms with Crippen LogP contribution >= 0.6 is 0 Å². The monoisotopic (exact) mass is 227 g/mol. The number of sulfone groups is 1. The Labute approximate surface area is 88.9 Å². The zero-order valence-electron chi connectivity index (χ0n) is 8.27. The van der Waals surface area contributed by atoms with Crippen molar-refractivity contribution >= 4 is 9.84 Å². The predicted octanol–water partition coefficient (Wildman–Crippen LogP) is 0.449. The fourth-order valence-corrected chi connectivity index (χ4v) is 3.52. The van der Waals surface area contributed by atoms with Crippen LogP contribution in [0.5, 0.6) is 0 Å². The summed E-state index contributed by atoms with van der Waals surface area (Å²) in [6.45, 7) is 0.413. The van der Waals surface area contributed by atoms with E-state index < -0.39 is 9.84 Å². The first-order valence-electron chi connectivity index (χ1n) is 4.80. The third-order valence-electron chi connectivity index (χ3n) is 2.68. The van der Waals surface area contributed by atoms with Gasteiger partial charge in [0.2, 0.25) is 0 Å². The summed E-state index contributed by atoms with van der Waals surface area (Å²) in [4.78, 5) is 4.99. The second-order valence-electron chi connectivity index (χ2n) is 3.58. The van der Waals surface area contributed by atoms with Crippen LogP contribution in [0.25, 0.3) is 0 Å². The van der Waals surface area contributed by atoms with Crippen LogP contribution in [0, 0.1) is 0 Å². The van der Waals surface area contributed by atoms with Crippen LogP contribution in [0.4, 0.5) is 0 Å². The summed E-state index contributed by atoms with van der Waals surface area (Å²) >= 11 is 0.